The van der Waals surface area contributed by atoms with E-state index in [2.05, 4.69) is 65.6 Å². The molecule has 0 saturated carbocycles. The van der Waals surface area contributed by atoms with E-state index in [-0.39, 0.29) is 0 Å². The summed E-state index contributed by atoms with van der Waals surface area (Å²) in [6, 6.07) is 29.5. The molecule has 0 aliphatic heterocycles. The molecule has 5 aromatic rings. The van der Waals surface area contributed by atoms with E-state index in [1.54, 1.807) is 14.2 Å². The Bertz CT molecular complexity index is 1400. The van der Waals surface area contributed by atoms with Gasteiger partial charge in [0.05, 0.1) is 39.6 Å². The van der Waals surface area contributed by atoms with Crippen LogP contribution in [0.1, 0.15) is 0 Å². The standard InChI is InChI=1S/C34H37NO6/c1-36-15-17-38-19-21-40-29-9-3-25(4-10-29)27-7-13-33-31(23-27)32-24-28(8-14-34(32)35-33)26-5-11-30(12-6-26)41-22-20-39-18-16-37-2/h3-14,23-24,35H,15-22H2,1-2H3. The van der Waals surface area contributed by atoms with Gasteiger partial charge in [-0.3, -0.25) is 0 Å². The molecular weight excluding hydrogens is 518 g/mol. The molecule has 7 nitrogen and oxygen atoms in total. The van der Waals surface area contributed by atoms with E-state index in [0.29, 0.717) is 52.9 Å². The third kappa shape index (κ3) is 7.65. The second kappa shape index (κ2) is 14.7. The highest BCUT2D eigenvalue weighted by molar-refractivity contribution is 6.09. The number of nitrogens with one attached hydrogen (secondary N) is 1. The topological polar surface area (TPSA) is 71.2 Å². The maximum Gasteiger partial charge on any atom is 0.119 e. The molecule has 0 amide bonds. The lowest BCUT2D eigenvalue weighted by Gasteiger charge is -2.09. The van der Waals surface area contributed by atoms with Gasteiger partial charge < -0.3 is 33.4 Å². The Morgan fingerprint density at radius 3 is 1.24 bits per heavy atom. The number of hydrogen-bond donors (Lipinski definition) is 1. The van der Waals surface area contributed by atoms with Crippen molar-refractivity contribution < 1.29 is 28.4 Å². The van der Waals surface area contributed by atoms with Crippen LogP contribution in [0.2, 0.25) is 0 Å². The molecule has 1 heterocycles. The summed E-state index contributed by atoms with van der Waals surface area (Å²) in [6.07, 6.45) is 0. The van der Waals surface area contributed by atoms with Crippen molar-refractivity contribution in [3.8, 4) is 33.8 Å². The van der Waals surface area contributed by atoms with E-state index in [1.807, 2.05) is 24.3 Å². The van der Waals surface area contributed by atoms with Gasteiger partial charge in [-0.25, -0.2) is 0 Å². The summed E-state index contributed by atoms with van der Waals surface area (Å²) in [5.74, 6) is 1.66. The van der Waals surface area contributed by atoms with Crippen molar-refractivity contribution in [1.82, 2.24) is 4.98 Å². The summed E-state index contributed by atoms with van der Waals surface area (Å²) in [7, 11) is 3.33. The first-order valence-electron chi connectivity index (χ1n) is 13.9. The molecule has 0 aliphatic carbocycles. The number of hydrogen-bond acceptors (Lipinski definition) is 6. The molecular formula is C34H37NO6. The molecule has 214 valence electrons. The Kier molecular flexibility index (Phi) is 10.2. The van der Waals surface area contributed by atoms with E-state index in [0.717, 1.165) is 44.8 Å². The maximum atomic E-state index is 5.80. The van der Waals surface area contributed by atoms with E-state index < -0.39 is 0 Å². The molecule has 1 aromatic heterocycles. The predicted molar refractivity (Wildman–Crippen MR) is 163 cm³/mol. The lowest BCUT2D eigenvalue weighted by molar-refractivity contribution is 0.0544. The Morgan fingerprint density at radius 1 is 0.439 bits per heavy atom. The van der Waals surface area contributed by atoms with Gasteiger partial charge in [-0.2, -0.15) is 0 Å². The second-order valence-corrected chi connectivity index (χ2v) is 9.60. The van der Waals surface area contributed by atoms with Crippen molar-refractivity contribution in [3.05, 3.63) is 84.9 Å². The van der Waals surface area contributed by atoms with Gasteiger partial charge in [0.25, 0.3) is 0 Å². The molecule has 5 rings (SSSR count). The van der Waals surface area contributed by atoms with Crippen molar-refractivity contribution in [2.24, 2.45) is 0 Å². The molecule has 0 saturated heterocycles. The van der Waals surface area contributed by atoms with Gasteiger partial charge in [0.15, 0.2) is 0 Å². The Hall–Kier alpha value is -3.88. The van der Waals surface area contributed by atoms with Crippen molar-refractivity contribution in [2.45, 2.75) is 0 Å². The molecule has 0 radical (unpaired) electrons. The van der Waals surface area contributed by atoms with Gasteiger partial charge in [0.1, 0.15) is 24.7 Å². The second-order valence-electron chi connectivity index (χ2n) is 9.60. The zero-order valence-corrected chi connectivity index (χ0v) is 23.7. The maximum absolute atomic E-state index is 5.80. The quantitative estimate of drug-likeness (QED) is 0.136. The highest BCUT2D eigenvalue weighted by Gasteiger charge is 2.09. The minimum atomic E-state index is 0.507. The largest absolute Gasteiger partial charge is 0.491 e. The molecule has 0 fully saturated rings. The molecule has 1 N–H and O–H groups in total. The van der Waals surface area contributed by atoms with Crippen LogP contribution in [0, 0.1) is 0 Å². The highest BCUT2D eigenvalue weighted by atomic mass is 16.5. The van der Waals surface area contributed by atoms with Gasteiger partial charge >= 0.3 is 0 Å². The number of fused-ring (bicyclic) bond motifs is 3. The van der Waals surface area contributed by atoms with Gasteiger partial charge in [0, 0.05) is 36.0 Å². The van der Waals surface area contributed by atoms with Crippen LogP contribution >= 0.6 is 0 Å². The van der Waals surface area contributed by atoms with Crippen LogP contribution < -0.4 is 9.47 Å². The first kappa shape index (κ1) is 28.6. The average molecular weight is 556 g/mol. The van der Waals surface area contributed by atoms with Gasteiger partial charge in [-0.15, -0.1) is 0 Å². The van der Waals surface area contributed by atoms with Crippen LogP contribution in [-0.2, 0) is 18.9 Å². The zero-order valence-electron chi connectivity index (χ0n) is 23.7. The predicted octanol–water partition coefficient (Wildman–Crippen LogP) is 6.74. The van der Waals surface area contributed by atoms with Gasteiger partial charge in [-0.1, -0.05) is 36.4 Å². The minimum absolute atomic E-state index is 0.507. The molecule has 0 atom stereocenters. The van der Waals surface area contributed by atoms with Crippen LogP contribution in [0.4, 0.5) is 0 Å². The minimum Gasteiger partial charge on any atom is -0.491 e. The molecule has 0 aliphatic rings. The van der Waals surface area contributed by atoms with Crippen molar-refractivity contribution in [1.29, 1.82) is 0 Å². The molecule has 0 spiro atoms. The smallest absolute Gasteiger partial charge is 0.119 e. The summed E-state index contributed by atoms with van der Waals surface area (Å²) in [5.41, 5.74) is 6.83. The van der Waals surface area contributed by atoms with E-state index in [1.165, 1.54) is 10.8 Å². The van der Waals surface area contributed by atoms with Gasteiger partial charge in [0.2, 0.25) is 0 Å². The Morgan fingerprint density at radius 2 is 0.829 bits per heavy atom. The summed E-state index contributed by atoms with van der Waals surface area (Å²) >= 11 is 0. The third-order valence-corrected chi connectivity index (χ3v) is 6.83. The summed E-state index contributed by atoms with van der Waals surface area (Å²) in [6.45, 7) is 4.41. The lowest BCUT2D eigenvalue weighted by atomic mass is 10.00. The number of aromatic amines is 1. The van der Waals surface area contributed by atoms with Crippen LogP contribution in [0.25, 0.3) is 44.1 Å². The fraction of sp³-hybridized carbons (Fsp3) is 0.294. The number of H-pyrrole nitrogens is 1. The highest BCUT2D eigenvalue weighted by Crippen LogP contribution is 2.33. The molecule has 0 bridgehead atoms. The van der Waals surface area contributed by atoms with Gasteiger partial charge in [-0.05, 0) is 70.8 Å². The molecule has 7 heteroatoms. The normalized spacial score (nSPS) is 11.4. The fourth-order valence-electron chi connectivity index (χ4n) is 4.67. The number of methoxy groups -OCH3 is 2. The average Bonchev–Trinajstić information content (AvgIpc) is 3.38. The van der Waals surface area contributed by atoms with E-state index in [4.69, 9.17) is 28.4 Å². The number of rotatable bonds is 16. The van der Waals surface area contributed by atoms with Crippen molar-refractivity contribution in [3.63, 3.8) is 0 Å². The monoisotopic (exact) mass is 555 g/mol. The van der Waals surface area contributed by atoms with Crippen LogP contribution in [-0.4, -0.2) is 72.1 Å². The van der Waals surface area contributed by atoms with E-state index in [9.17, 15) is 0 Å². The molecule has 4 aromatic carbocycles. The number of ether oxygens (including phenoxy) is 6. The number of benzene rings is 4. The fourth-order valence-corrected chi connectivity index (χ4v) is 4.67. The Balaban J connectivity index is 1.26. The molecule has 41 heavy (non-hydrogen) atoms. The van der Waals surface area contributed by atoms with E-state index >= 15 is 0 Å². The zero-order chi connectivity index (χ0) is 28.3. The summed E-state index contributed by atoms with van der Waals surface area (Å²) < 4.78 is 32.5. The Labute approximate surface area is 240 Å². The summed E-state index contributed by atoms with van der Waals surface area (Å²) in [5, 5.41) is 2.39. The number of aromatic nitrogens is 1. The summed E-state index contributed by atoms with van der Waals surface area (Å²) in [4.78, 5) is 3.56. The third-order valence-electron chi connectivity index (χ3n) is 6.83. The lowest BCUT2D eigenvalue weighted by Crippen LogP contribution is -2.09. The van der Waals surface area contributed by atoms with Crippen molar-refractivity contribution >= 4 is 21.8 Å². The SMILES string of the molecule is COCCOCCOc1ccc(-c2ccc3[nH]c4ccc(-c5ccc(OCCOCCOC)cc5)cc4c3c2)cc1. The van der Waals surface area contributed by atoms with Crippen molar-refractivity contribution in [2.75, 3.05) is 67.1 Å². The first-order valence-corrected chi connectivity index (χ1v) is 13.9. The first-order chi connectivity index (χ1) is 20.2. The van der Waals surface area contributed by atoms with Crippen LogP contribution in [0.3, 0.4) is 0 Å². The van der Waals surface area contributed by atoms with Crippen LogP contribution in [0.15, 0.2) is 84.9 Å². The van der Waals surface area contributed by atoms with Crippen LogP contribution in [0.5, 0.6) is 11.5 Å². The molecule has 0 unspecified atom stereocenters.